The molecule has 2 N–H and O–H groups in total. The molecule has 132 valence electrons. The molecule has 0 aliphatic heterocycles. The van der Waals surface area contributed by atoms with E-state index in [-0.39, 0.29) is 0 Å². The second-order valence-corrected chi connectivity index (χ2v) is 5.99. The fourth-order valence-corrected chi connectivity index (χ4v) is 2.87. The number of pyridine rings is 1. The van der Waals surface area contributed by atoms with Crippen LogP contribution in [0.4, 0.5) is 23.1 Å². The molecule has 9 heteroatoms. The SMILES string of the molecule is CN(c1ccc2[nH]ncc2c1)c1ncc2c(Nc3cocn3)cncc2n1. The van der Waals surface area contributed by atoms with Crippen molar-refractivity contribution in [3.63, 3.8) is 0 Å². The van der Waals surface area contributed by atoms with E-state index in [1.165, 1.54) is 12.7 Å². The minimum absolute atomic E-state index is 0.575. The number of nitrogens with zero attached hydrogens (tertiary/aromatic N) is 6. The molecular formula is C18H14N8O. The standard InChI is InChI=1S/C18H14N8O/c1-26(12-2-3-14-11(4-12)5-22-25-14)18-20-6-13-15(7-19-8-16(13)24-18)23-17-9-27-10-21-17/h2-10,23H,1H3,(H,22,25). The van der Waals surface area contributed by atoms with E-state index in [1.54, 1.807) is 24.8 Å². The quantitative estimate of drug-likeness (QED) is 0.503. The fourth-order valence-electron chi connectivity index (χ4n) is 2.87. The van der Waals surface area contributed by atoms with Gasteiger partial charge in [-0.05, 0) is 18.2 Å². The lowest BCUT2D eigenvalue weighted by molar-refractivity contribution is 0.558. The van der Waals surface area contributed by atoms with E-state index in [0.717, 1.165) is 33.2 Å². The number of oxazole rings is 1. The van der Waals surface area contributed by atoms with Gasteiger partial charge in [-0.25, -0.2) is 9.97 Å². The zero-order valence-corrected chi connectivity index (χ0v) is 14.3. The van der Waals surface area contributed by atoms with Gasteiger partial charge >= 0.3 is 0 Å². The molecule has 0 aliphatic rings. The minimum Gasteiger partial charge on any atom is -0.449 e. The highest BCUT2D eigenvalue weighted by Crippen LogP contribution is 2.27. The Morgan fingerprint density at radius 3 is 2.96 bits per heavy atom. The Morgan fingerprint density at radius 2 is 2.07 bits per heavy atom. The van der Waals surface area contributed by atoms with Crippen LogP contribution in [0.3, 0.4) is 0 Å². The average molecular weight is 358 g/mol. The Hall–Kier alpha value is -4.01. The monoisotopic (exact) mass is 358 g/mol. The van der Waals surface area contributed by atoms with E-state index in [1.807, 2.05) is 30.1 Å². The van der Waals surface area contributed by atoms with E-state index < -0.39 is 0 Å². The van der Waals surface area contributed by atoms with Gasteiger partial charge in [0.1, 0.15) is 6.26 Å². The predicted molar refractivity (Wildman–Crippen MR) is 101 cm³/mol. The van der Waals surface area contributed by atoms with E-state index >= 15 is 0 Å². The maximum Gasteiger partial charge on any atom is 0.230 e. The molecule has 5 rings (SSSR count). The number of hydrogen-bond donors (Lipinski definition) is 2. The van der Waals surface area contributed by atoms with Crippen LogP contribution in [0.25, 0.3) is 21.8 Å². The summed E-state index contributed by atoms with van der Waals surface area (Å²) in [4.78, 5) is 19.4. The number of hydrogen-bond acceptors (Lipinski definition) is 8. The van der Waals surface area contributed by atoms with Crippen LogP contribution in [0, 0.1) is 0 Å². The van der Waals surface area contributed by atoms with Crippen LogP contribution in [0.5, 0.6) is 0 Å². The van der Waals surface area contributed by atoms with Crippen LogP contribution >= 0.6 is 0 Å². The van der Waals surface area contributed by atoms with Gasteiger partial charge in [-0.15, -0.1) is 0 Å². The molecule has 0 spiro atoms. The van der Waals surface area contributed by atoms with Gasteiger partial charge in [0, 0.05) is 29.7 Å². The first kappa shape index (κ1) is 15.3. The molecule has 5 aromatic rings. The number of aromatic nitrogens is 6. The zero-order chi connectivity index (χ0) is 18.2. The molecule has 0 bridgehead atoms. The van der Waals surface area contributed by atoms with Crippen molar-refractivity contribution in [3.8, 4) is 0 Å². The molecule has 27 heavy (non-hydrogen) atoms. The van der Waals surface area contributed by atoms with Crippen LogP contribution < -0.4 is 10.2 Å². The molecular weight excluding hydrogens is 344 g/mol. The minimum atomic E-state index is 0.575. The lowest BCUT2D eigenvalue weighted by atomic mass is 10.2. The third-order valence-electron chi connectivity index (χ3n) is 4.30. The topological polar surface area (TPSA) is 109 Å². The second-order valence-electron chi connectivity index (χ2n) is 5.99. The normalized spacial score (nSPS) is 11.1. The number of nitrogens with one attached hydrogen (secondary N) is 2. The fraction of sp³-hybridized carbons (Fsp3) is 0.0556. The molecule has 0 saturated carbocycles. The molecule has 0 saturated heterocycles. The highest BCUT2D eigenvalue weighted by atomic mass is 16.3. The maximum absolute atomic E-state index is 4.98. The molecule has 0 unspecified atom stereocenters. The molecule has 0 fully saturated rings. The van der Waals surface area contributed by atoms with Gasteiger partial charge in [-0.3, -0.25) is 10.1 Å². The molecule has 1 aromatic carbocycles. The predicted octanol–water partition coefficient (Wildman–Crippen LogP) is 3.40. The zero-order valence-electron chi connectivity index (χ0n) is 14.3. The van der Waals surface area contributed by atoms with Crippen LogP contribution in [0.1, 0.15) is 0 Å². The highest BCUT2D eigenvalue weighted by Gasteiger charge is 2.12. The van der Waals surface area contributed by atoms with Crippen molar-refractivity contribution in [1.82, 2.24) is 30.1 Å². The van der Waals surface area contributed by atoms with Crippen LogP contribution in [0.15, 0.2) is 60.1 Å². The summed E-state index contributed by atoms with van der Waals surface area (Å²) in [6, 6.07) is 6.01. The van der Waals surface area contributed by atoms with Gasteiger partial charge in [0.2, 0.25) is 5.95 Å². The number of rotatable bonds is 4. The van der Waals surface area contributed by atoms with Crippen molar-refractivity contribution in [2.45, 2.75) is 0 Å². The summed E-state index contributed by atoms with van der Waals surface area (Å²) in [6.07, 6.45) is 9.86. The Labute approximate surface area is 153 Å². The highest BCUT2D eigenvalue weighted by molar-refractivity contribution is 5.92. The van der Waals surface area contributed by atoms with Gasteiger partial charge in [-0.2, -0.15) is 10.1 Å². The van der Waals surface area contributed by atoms with E-state index in [4.69, 9.17) is 4.42 Å². The third kappa shape index (κ3) is 2.71. The number of anilines is 4. The average Bonchev–Trinajstić information content (AvgIpc) is 3.38. The van der Waals surface area contributed by atoms with Crippen molar-refractivity contribution >= 4 is 44.9 Å². The number of H-pyrrole nitrogens is 1. The number of fused-ring (bicyclic) bond motifs is 2. The second kappa shape index (κ2) is 6.06. The Balaban J connectivity index is 1.52. The lowest BCUT2D eigenvalue weighted by Crippen LogP contribution is -2.13. The van der Waals surface area contributed by atoms with Crippen molar-refractivity contribution in [1.29, 1.82) is 0 Å². The summed E-state index contributed by atoms with van der Waals surface area (Å²) in [5.41, 5.74) is 3.44. The molecule has 4 heterocycles. The van der Waals surface area contributed by atoms with Gasteiger partial charge in [0.15, 0.2) is 12.2 Å². The van der Waals surface area contributed by atoms with E-state index in [0.29, 0.717) is 11.8 Å². The first-order valence-electron chi connectivity index (χ1n) is 8.21. The van der Waals surface area contributed by atoms with Crippen molar-refractivity contribution in [2.75, 3.05) is 17.3 Å². The molecule has 4 aromatic heterocycles. The largest absolute Gasteiger partial charge is 0.449 e. The summed E-state index contributed by atoms with van der Waals surface area (Å²) in [5, 5.41) is 12.0. The van der Waals surface area contributed by atoms with Crippen LogP contribution in [0.2, 0.25) is 0 Å². The van der Waals surface area contributed by atoms with Crippen LogP contribution in [-0.4, -0.2) is 37.2 Å². The van der Waals surface area contributed by atoms with Crippen molar-refractivity contribution < 1.29 is 4.42 Å². The van der Waals surface area contributed by atoms with Crippen LogP contribution in [-0.2, 0) is 0 Å². The molecule has 0 radical (unpaired) electrons. The number of benzene rings is 1. The molecule has 0 aliphatic carbocycles. The van der Waals surface area contributed by atoms with E-state index in [9.17, 15) is 0 Å². The van der Waals surface area contributed by atoms with Gasteiger partial charge in [0.05, 0.1) is 35.3 Å². The summed E-state index contributed by atoms with van der Waals surface area (Å²) in [6.45, 7) is 0. The summed E-state index contributed by atoms with van der Waals surface area (Å²) in [7, 11) is 1.92. The maximum atomic E-state index is 4.98. The third-order valence-corrected chi connectivity index (χ3v) is 4.30. The van der Waals surface area contributed by atoms with Crippen molar-refractivity contribution in [2.24, 2.45) is 0 Å². The Morgan fingerprint density at radius 1 is 1.11 bits per heavy atom. The van der Waals surface area contributed by atoms with Gasteiger partial charge < -0.3 is 14.6 Å². The van der Waals surface area contributed by atoms with Gasteiger partial charge in [-0.1, -0.05) is 0 Å². The van der Waals surface area contributed by atoms with E-state index in [2.05, 4.69) is 35.5 Å². The summed E-state index contributed by atoms with van der Waals surface area (Å²) >= 11 is 0. The Bertz CT molecular complexity index is 1230. The lowest BCUT2D eigenvalue weighted by Gasteiger charge is -2.17. The first-order valence-corrected chi connectivity index (χ1v) is 8.21. The first-order chi connectivity index (χ1) is 13.3. The summed E-state index contributed by atoms with van der Waals surface area (Å²) in [5.74, 6) is 1.17. The van der Waals surface area contributed by atoms with Gasteiger partial charge in [0.25, 0.3) is 0 Å². The molecule has 0 atom stereocenters. The molecule has 0 amide bonds. The Kier molecular flexibility index (Phi) is 3.42. The molecule has 9 nitrogen and oxygen atoms in total. The number of aromatic amines is 1. The summed E-state index contributed by atoms with van der Waals surface area (Å²) < 4.78 is 4.98. The van der Waals surface area contributed by atoms with Crippen molar-refractivity contribution in [3.05, 3.63) is 55.6 Å². The smallest absolute Gasteiger partial charge is 0.230 e.